The van der Waals surface area contributed by atoms with Crippen LogP contribution >= 0.6 is 0 Å². The summed E-state index contributed by atoms with van der Waals surface area (Å²) in [6.45, 7) is 3.58. The van der Waals surface area contributed by atoms with Gasteiger partial charge in [-0.05, 0) is 44.2 Å². The number of benzene rings is 1. The number of piperidine rings is 1. The average molecular weight is 402 g/mol. The monoisotopic (exact) mass is 401 g/mol. The number of nitrogens with zero attached hydrogens (tertiary/aromatic N) is 2. The van der Waals surface area contributed by atoms with Crippen molar-refractivity contribution in [2.45, 2.75) is 50.6 Å². The minimum absolute atomic E-state index is 0.0277. The van der Waals surface area contributed by atoms with Gasteiger partial charge in [-0.3, -0.25) is 9.59 Å². The van der Waals surface area contributed by atoms with Gasteiger partial charge in [0.15, 0.2) is 0 Å². The number of carbonyl (C=O) groups excluding carboxylic acids is 2. The number of nitrogens with two attached hydrogens (primary N) is 3. The number of carbonyl (C=O) groups is 2. The molecule has 2 heterocycles. The smallest absolute Gasteiger partial charge is 0.239 e. The Balaban J connectivity index is 1.41. The van der Waals surface area contributed by atoms with Crippen LogP contribution < -0.4 is 17.2 Å². The largest absolute Gasteiger partial charge is 0.341 e. The zero-order chi connectivity index (χ0) is 20.9. The molecule has 1 aromatic rings. The fourth-order valence-corrected chi connectivity index (χ4v) is 4.49. The molecule has 29 heavy (non-hydrogen) atoms. The third-order valence-electron chi connectivity index (χ3n) is 6.40. The standard InChI is InChI=1S/C22H35N5O2/c23-11-5-4-8-18(24)20(28)26-12-9-22(10-13-26)15-27(16-22)21(29)19(25)14-17-6-2-1-3-7-17/h1-3,6-7,18-19H,4-5,8-16,23-25H2/t18-,19-/m1/s1. The molecular weight excluding hydrogens is 366 g/mol. The van der Waals surface area contributed by atoms with Gasteiger partial charge in [-0.15, -0.1) is 0 Å². The van der Waals surface area contributed by atoms with Crippen molar-refractivity contribution >= 4 is 11.8 Å². The summed E-state index contributed by atoms with van der Waals surface area (Å²) in [7, 11) is 0. The number of likely N-dealkylation sites (tertiary alicyclic amines) is 2. The topological polar surface area (TPSA) is 119 Å². The van der Waals surface area contributed by atoms with Crippen molar-refractivity contribution in [1.82, 2.24) is 9.80 Å². The molecule has 0 aliphatic carbocycles. The van der Waals surface area contributed by atoms with Gasteiger partial charge in [-0.25, -0.2) is 0 Å². The Morgan fingerprint density at radius 2 is 1.55 bits per heavy atom. The van der Waals surface area contributed by atoms with Crippen molar-refractivity contribution in [2.24, 2.45) is 22.6 Å². The molecule has 1 spiro atoms. The van der Waals surface area contributed by atoms with Gasteiger partial charge in [-0.2, -0.15) is 0 Å². The van der Waals surface area contributed by atoms with Gasteiger partial charge in [0.05, 0.1) is 12.1 Å². The van der Waals surface area contributed by atoms with E-state index in [-0.39, 0.29) is 17.2 Å². The molecule has 0 aromatic heterocycles. The SMILES string of the molecule is NCCCC[C@@H](N)C(=O)N1CCC2(CC1)CN(C(=O)[C@H](N)Cc1ccccc1)C2. The predicted octanol–water partition coefficient (Wildman–Crippen LogP) is 0.464. The number of unbranched alkanes of at least 4 members (excludes halogenated alkanes) is 1. The summed E-state index contributed by atoms with van der Waals surface area (Å²) < 4.78 is 0. The van der Waals surface area contributed by atoms with Crippen LogP contribution in [-0.2, 0) is 16.0 Å². The maximum Gasteiger partial charge on any atom is 0.239 e. The van der Waals surface area contributed by atoms with Crippen LogP contribution in [0.3, 0.4) is 0 Å². The maximum atomic E-state index is 12.7. The van der Waals surface area contributed by atoms with Gasteiger partial charge in [0.1, 0.15) is 0 Å². The first kappa shape index (κ1) is 21.7. The molecule has 0 radical (unpaired) electrons. The third-order valence-corrected chi connectivity index (χ3v) is 6.40. The predicted molar refractivity (Wildman–Crippen MR) is 114 cm³/mol. The average Bonchev–Trinajstić information content (AvgIpc) is 2.72. The molecule has 0 unspecified atom stereocenters. The highest BCUT2D eigenvalue weighted by molar-refractivity contribution is 5.83. The lowest BCUT2D eigenvalue weighted by Gasteiger charge is -2.54. The summed E-state index contributed by atoms with van der Waals surface area (Å²) in [6, 6.07) is 8.96. The second-order valence-corrected chi connectivity index (χ2v) is 8.71. The molecule has 3 rings (SSSR count). The van der Waals surface area contributed by atoms with E-state index >= 15 is 0 Å². The number of amides is 2. The van der Waals surface area contributed by atoms with Crippen molar-refractivity contribution in [2.75, 3.05) is 32.7 Å². The normalized spacial score (nSPS) is 20.2. The van der Waals surface area contributed by atoms with Crippen LogP contribution in [0.25, 0.3) is 0 Å². The molecule has 2 aliphatic rings. The van der Waals surface area contributed by atoms with Gasteiger partial charge < -0.3 is 27.0 Å². The molecular formula is C22H35N5O2. The number of hydrogen-bond acceptors (Lipinski definition) is 5. The van der Waals surface area contributed by atoms with Crippen molar-refractivity contribution in [3.05, 3.63) is 35.9 Å². The van der Waals surface area contributed by atoms with E-state index in [1.165, 1.54) is 0 Å². The zero-order valence-corrected chi connectivity index (χ0v) is 17.3. The molecule has 2 saturated heterocycles. The van der Waals surface area contributed by atoms with E-state index in [0.717, 1.165) is 57.4 Å². The van der Waals surface area contributed by atoms with Crippen LogP contribution in [0.5, 0.6) is 0 Å². The lowest BCUT2D eigenvalue weighted by Crippen LogP contribution is -2.65. The summed E-state index contributed by atoms with van der Waals surface area (Å²) in [5.41, 5.74) is 18.9. The molecule has 0 saturated carbocycles. The van der Waals surface area contributed by atoms with Gasteiger partial charge in [0.25, 0.3) is 0 Å². The molecule has 1 aromatic carbocycles. The van der Waals surface area contributed by atoms with E-state index in [4.69, 9.17) is 17.2 Å². The number of rotatable bonds is 8. The molecule has 160 valence electrons. The Hall–Kier alpha value is -1.96. The zero-order valence-electron chi connectivity index (χ0n) is 17.3. The van der Waals surface area contributed by atoms with Crippen LogP contribution in [0.4, 0.5) is 0 Å². The summed E-state index contributed by atoms with van der Waals surface area (Å²) >= 11 is 0. The Morgan fingerprint density at radius 3 is 2.17 bits per heavy atom. The lowest BCUT2D eigenvalue weighted by molar-refractivity contribution is -0.151. The van der Waals surface area contributed by atoms with Crippen molar-refractivity contribution in [3.63, 3.8) is 0 Å². The van der Waals surface area contributed by atoms with E-state index < -0.39 is 12.1 Å². The molecule has 7 nitrogen and oxygen atoms in total. The first-order valence-corrected chi connectivity index (χ1v) is 10.8. The summed E-state index contributed by atoms with van der Waals surface area (Å²) in [5.74, 6) is 0.0777. The van der Waals surface area contributed by atoms with E-state index in [2.05, 4.69) is 0 Å². The number of hydrogen-bond donors (Lipinski definition) is 3. The van der Waals surface area contributed by atoms with Crippen molar-refractivity contribution in [3.8, 4) is 0 Å². The third kappa shape index (κ3) is 5.35. The van der Waals surface area contributed by atoms with Crippen LogP contribution in [0, 0.1) is 5.41 Å². The highest BCUT2D eigenvalue weighted by atomic mass is 16.2. The maximum absolute atomic E-state index is 12.7. The van der Waals surface area contributed by atoms with Gasteiger partial charge >= 0.3 is 0 Å². The van der Waals surface area contributed by atoms with Crippen molar-refractivity contribution < 1.29 is 9.59 Å². The first-order valence-electron chi connectivity index (χ1n) is 10.8. The van der Waals surface area contributed by atoms with Crippen molar-refractivity contribution in [1.29, 1.82) is 0 Å². The Labute approximate surface area is 173 Å². The molecule has 2 fully saturated rings. The lowest BCUT2D eigenvalue weighted by atomic mass is 9.71. The minimum Gasteiger partial charge on any atom is -0.341 e. The molecule has 2 aliphatic heterocycles. The van der Waals surface area contributed by atoms with E-state index in [1.807, 2.05) is 40.1 Å². The minimum atomic E-state index is -0.497. The summed E-state index contributed by atoms with van der Waals surface area (Å²) in [5, 5.41) is 0. The fourth-order valence-electron chi connectivity index (χ4n) is 4.49. The van der Waals surface area contributed by atoms with Gasteiger partial charge in [-0.1, -0.05) is 36.8 Å². The molecule has 0 bridgehead atoms. The van der Waals surface area contributed by atoms with E-state index in [1.54, 1.807) is 0 Å². The molecule has 2 amide bonds. The quantitative estimate of drug-likeness (QED) is 0.547. The summed E-state index contributed by atoms with van der Waals surface area (Å²) in [6.07, 6.45) is 4.90. The molecule has 6 N–H and O–H groups in total. The molecule has 7 heteroatoms. The summed E-state index contributed by atoms with van der Waals surface area (Å²) in [4.78, 5) is 29.0. The van der Waals surface area contributed by atoms with E-state index in [0.29, 0.717) is 19.4 Å². The van der Waals surface area contributed by atoms with Gasteiger partial charge in [0, 0.05) is 31.6 Å². The van der Waals surface area contributed by atoms with E-state index in [9.17, 15) is 9.59 Å². The Morgan fingerprint density at radius 1 is 0.931 bits per heavy atom. The Kier molecular flexibility index (Phi) is 7.27. The highest BCUT2D eigenvalue weighted by Gasteiger charge is 2.48. The molecule has 2 atom stereocenters. The first-order chi connectivity index (χ1) is 13.9. The van der Waals surface area contributed by atoms with Gasteiger partial charge in [0.2, 0.25) is 11.8 Å². The van der Waals surface area contributed by atoms with Crippen LogP contribution in [0.15, 0.2) is 30.3 Å². The fraction of sp³-hybridized carbons (Fsp3) is 0.636. The van der Waals surface area contributed by atoms with Crippen LogP contribution in [0.2, 0.25) is 0 Å². The van der Waals surface area contributed by atoms with Crippen LogP contribution in [0.1, 0.15) is 37.7 Å². The second-order valence-electron chi connectivity index (χ2n) is 8.71. The second kappa shape index (κ2) is 9.69. The van der Waals surface area contributed by atoms with Crippen LogP contribution in [-0.4, -0.2) is 66.4 Å². The Bertz CT molecular complexity index is 680. The highest BCUT2D eigenvalue weighted by Crippen LogP contribution is 2.40.